The van der Waals surface area contributed by atoms with Gasteiger partial charge in [0, 0.05) is 69.2 Å². The minimum atomic E-state index is -0.511. The quantitative estimate of drug-likeness (QED) is 0.333. The number of piperazine rings is 1. The Kier molecular flexibility index (Phi) is 7.86. The smallest absolute Gasteiger partial charge is 0.167 e. The maximum atomic E-state index is 14.5. The molecule has 0 bridgehead atoms. The SMILES string of the molecule is CCN(CCC(C)CN1CCNCC1)c1cc(C(=N)c2cc(OC3(C)CC3)c(F)cc2N)ncn1. The van der Waals surface area contributed by atoms with Crippen LogP contribution in [-0.2, 0) is 0 Å². The molecule has 2 heterocycles. The molecule has 2 aromatic rings. The fourth-order valence-corrected chi connectivity index (χ4v) is 4.44. The van der Waals surface area contributed by atoms with E-state index in [-0.39, 0.29) is 22.7 Å². The van der Waals surface area contributed by atoms with Crippen molar-refractivity contribution in [1.29, 1.82) is 5.41 Å². The Balaban J connectivity index is 1.44. The van der Waals surface area contributed by atoms with Crippen molar-refractivity contribution in [3.8, 4) is 5.75 Å². The van der Waals surface area contributed by atoms with Crippen LogP contribution in [0.2, 0.25) is 0 Å². The summed E-state index contributed by atoms with van der Waals surface area (Å²) in [5.74, 6) is 0.969. The van der Waals surface area contributed by atoms with Gasteiger partial charge in [0.25, 0.3) is 0 Å². The second-order valence-corrected chi connectivity index (χ2v) is 10.1. The molecular formula is C26H38FN7O. The molecule has 4 rings (SSSR count). The minimum Gasteiger partial charge on any atom is -0.484 e. The van der Waals surface area contributed by atoms with Crippen LogP contribution in [0, 0.1) is 17.1 Å². The van der Waals surface area contributed by atoms with Crippen molar-refractivity contribution in [3.05, 3.63) is 41.6 Å². The molecule has 1 aromatic carbocycles. The Morgan fingerprint density at radius 1 is 1.29 bits per heavy atom. The lowest BCUT2D eigenvalue weighted by molar-refractivity contribution is 0.191. The Morgan fingerprint density at radius 3 is 2.71 bits per heavy atom. The molecule has 4 N–H and O–H groups in total. The topological polar surface area (TPSA) is 103 Å². The van der Waals surface area contributed by atoms with Crippen LogP contribution in [-0.4, -0.2) is 72.0 Å². The lowest BCUT2D eigenvalue weighted by Gasteiger charge is -2.30. The predicted molar refractivity (Wildman–Crippen MR) is 138 cm³/mol. The first kappa shape index (κ1) is 25.3. The van der Waals surface area contributed by atoms with Crippen molar-refractivity contribution < 1.29 is 9.13 Å². The average Bonchev–Trinajstić information content (AvgIpc) is 3.58. The van der Waals surface area contributed by atoms with Gasteiger partial charge in [-0.15, -0.1) is 0 Å². The molecule has 1 saturated carbocycles. The number of nitrogen functional groups attached to an aromatic ring is 1. The first-order valence-corrected chi connectivity index (χ1v) is 12.7. The number of hydrogen-bond acceptors (Lipinski definition) is 8. The second-order valence-electron chi connectivity index (χ2n) is 10.1. The summed E-state index contributed by atoms with van der Waals surface area (Å²) in [4.78, 5) is 13.5. The molecule has 35 heavy (non-hydrogen) atoms. The number of ether oxygens (including phenoxy) is 1. The maximum Gasteiger partial charge on any atom is 0.167 e. The molecule has 2 fully saturated rings. The molecular weight excluding hydrogens is 445 g/mol. The Labute approximate surface area is 207 Å². The van der Waals surface area contributed by atoms with Crippen molar-refractivity contribution in [2.75, 3.05) is 56.4 Å². The van der Waals surface area contributed by atoms with Crippen LogP contribution in [0.5, 0.6) is 5.75 Å². The second kappa shape index (κ2) is 10.9. The lowest BCUT2D eigenvalue weighted by atomic mass is 10.0. The third kappa shape index (κ3) is 6.46. The molecule has 1 aliphatic heterocycles. The predicted octanol–water partition coefficient (Wildman–Crippen LogP) is 3.30. The molecule has 8 nitrogen and oxygen atoms in total. The third-order valence-corrected chi connectivity index (χ3v) is 6.97. The van der Waals surface area contributed by atoms with Gasteiger partial charge in [0.05, 0.1) is 11.4 Å². The zero-order valence-electron chi connectivity index (χ0n) is 21.1. The normalized spacial score (nSPS) is 18.2. The molecule has 0 spiro atoms. The molecule has 1 aromatic heterocycles. The number of aromatic nitrogens is 2. The molecule has 9 heteroatoms. The van der Waals surface area contributed by atoms with Crippen LogP contribution < -0.4 is 20.7 Å². The molecule has 0 radical (unpaired) electrons. The number of rotatable bonds is 11. The summed E-state index contributed by atoms with van der Waals surface area (Å²) in [6, 6.07) is 4.57. The van der Waals surface area contributed by atoms with Gasteiger partial charge in [-0.2, -0.15) is 0 Å². The number of halogens is 1. The Hall–Kier alpha value is -2.78. The summed E-state index contributed by atoms with van der Waals surface area (Å²) >= 11 is 0. The van der Waals surface area contributed by atoms with Gasteiger partial charge in [-0.3, -0.25) is 5.41 Å². The van der Waals surface area contributed by atoms with E-state index in [2.05, 4.69) is 38.9 Å². The van der Waals surface area contributed by atoms with E-state index < -0.39 is 5.82 Å². The zero-order chi connectivity index (χ0) is 25.0. The van der Waals surface area contributed by atoms with E-state index in [0.717, 1.165) is 70.9 Å². The highest BCUT2D eigenvalue weighted by atomic mass is 19.1. The lowest BCUT2D eigenvalue weighted by Crippen LogP contribution is -2.45. The molecule has 1 saturated heterocycles. The fourth-order valence-electron chi connectivity index (χ4n) is 4.44. The van der Waals surface area contributed by atoms with Crippen LogP contribution in [0.15, 0.2) is 24.5 Å². The van der Waals surface area contributed by atoms with Crippen LogP contribution >= 0.6 is 0 Å². The number of nitrogens with two attached hydrogens (primary N) is 1. The van der Waals surface area contributed by atoms with E-state index in [1.165, 1.54) is 18.5 Å². The van der Waals surface area contributed by atoms with Gasteiger partial charge >= 0.3 is 0 Å². The average molecular weight is 484 g/mol. The van der Waals surface area contributed by atoms with Crippen molar-refractivity contribution in [2.45, 2.75) is 45.6 Å². The molecule has 1 aliphatic carbocycles. The van der Waals surface area contributed by atoms with E-state index in [0.29, 0.717) is 17.2 Å². The third-order valence-electron chi connectivity index (χ3n) is 6.97. The first-order valence-electron chi connectivity index (χ1n) is 12.7. The van der Waals surface area contributed by atoms with Gasteiger partial charge in [0.1, 0.15) is 17.7 Å². The van der Waals surface area contributed by atoms with Crippen LogP contribution in [0.4, 0.5) is 15.9 Å². The van der Waals surface area contributed by atoms with Gasteiger partial charge in [-0.1, -0.05) is 6.92 Å². The highest BCUT2D eigenvalue weighted by Crippen LogP contribution is 2.41. The highest BCUT2D eigenvalue weighted by Gasteiger charge is 2.40. The fraction of sp³-hybridized carbons (Fsp3) is 0.577. The van der Waals surface area contributed by atoms with E-state index in [9.17, 15) is 4.39 Å². The summed E-state index contributed by atoms with van der Waals surface area (Å²) in [6.07, 6.45) is 4.31. The Morgan fingerprint density at radius 2 is 2.03 bits per heavy atom. The number of nitrogens with one attached hydrogen (secondary N) is 2. The van der Waals surface area contributed by atoms with Gasteiger partial charge in [0.15, 0.2) is 11.6 Å². The first-order chi connectivity index (χ1) is 16.8. The van der Waals surface area contributed by atoms with E-state index >= 15 is 0 Å². The summed E-state index contributed by atoms with van der Waals surface area (Å²) < 4.78 is 20.3. The molecule has 190 valence electrons. The number of nitrogens with zero attached hydrogens (tertiary/aromatic N) is 4. The zero-order valence-corrected chi connectivity index (χ0v) is 21.1. The van der Waals surface area contributed by atoms with Crippen molar-refractivity contribution in [2.24, 2.45) is 5.92 Å². The molecule has 0 amide bonds. The standard InChI is InChI=1S/C26H38FN7O/c1-4-34(10-5-18(2)16-33-11-8-30-9-12-33)24-15-22(31-17-32-24)25(29)19-13-23(20(27)14-21(19)28)35-26(3)6-7-26/h13-15,17-18,29-30H,4-12,16,28H2,1-3H3. The summed E-state index contributed by atoms with van der Waals surface area (Å²) in [7, 11) is 0. The largest absolute Gasteiger partial charge is 0.484 e. The van der Waals surface area contributed by atoms with Crippen LogP contribution in [0.1, 0.15) is 51.3 Å². The molecule has 1 unspecified atom stereocenters. The van der Waals surface area contributed by atoms with Crippen LogP contribution in [0.25, 0.3) is 0 Å². The van der Waals surface area contributed by atoms with Crippen LogP contribution in [0.3, 0.4) is 0 Å². The van der Waals surface area contributed by atoms with Gasteiger partial charge in [-0.25, -0.2) is 14.4 Å². The Bertz CT molecular complexity index is 1040. The van der Waals surface area contributed by atoms with E-state index in [1.807, 2.05) is 13.0 Å². The monoisotopic (exact) mass is 483 g/mol. The summed E-state index contributed by atoms with van der Waals surface area (Å²) in [5.41, 5.74) is 6.93. The number of anilines is 2. The van der Waals surface area contributed by atoms with Gasteiger partial charge < -0.3 is 25.6 Å². The molecule has 2 aliphatic rings. The van der Waals surface area contributed by atoms with E-state index in [1.54, 1.807) is 0 Å². The maximum absolute atomic E-state index is 14.5. The van der Waals surface area contributed by atoms with Crippen molar-refractivity contribution in [1.82, 2.24) is 20.2 Å². The summed E-state index contributed by atoms with van der Waals surface area (Å²) in [6.45, 7) is 13.5. The number of hydrogen-bond donors (Lipinski definition) is 3. The van der Waals surface area contributed by atoms with Crippen molar-refractivity contribution >= 4 is 17.2 Å². The van der Waals surface area contributed by atoms with Gasteiger partial charge in [0.2, 0.25) is 0 Å². The highest BCUT2D eigenvalue weighted by molar-refractivity contribution is 6.13. The van der Waals surface area contributed by atoms with Crippen molar-refractivity contribution in [3.63, 3.8) is 0 Å². The van der Waals surface area contributed by atoms with E-state index in [4.69, 9.17) is 15.9 Å². The number of benzene rings is 1. The summed E-state index contributed by atoms with van der Waals surface area (Å²) in [5, 5.41) is 12.2. The van der Waals surface area contributed by atoms with Gasteiger partial charge in [-0.05, 0) is 45.1 Å². The molecule has 1 atom stereocenters. The minimum absolute atomic E-state index is 0.125.